The van der Waals surface area contributed by atoms with Gasteiger partial charge in [0.25, 0.3) is 0 Å². The van der Waals surface area contributed by atoms with Gasteiger partial charge in [0.2, 0.25) is 0 Å². The number of hydrogen-bond acceptors (Lipinski definition) is 4. The third-order valence-corrected chi connectivity index (χ3v) is 5.71. The van der Waals surface area contributed by atoms with Crippen LogP contribution in [-0.2, 0) is 9.53 Å². The molecule has 3 nitrogen and oxygen atoms in total. The van der Waals surface area contributed by atoms with Gasteiger partial charge in [-0.2, -0.15) is 0 Å². The Morgan fingerprint density at radius 3 is 3.09 bits per heavy atom. The molecule has 2 aliphatic heterocycles. The summed E-state index contributed by atoms with van der Waals surface area (Å²) in [6, 6.07) is 0. The van der Waals surface area contributed by atoms with E-state index < -0.39 is 0 Å². The normalized spacial score (nSPS) is 23.7. The van der Waals surface area contributed by atoms with Gasteiger partial charge in [0.1, 0.15) is 18.7 Å². The summed E-state index contributed by atoms with van der Waals surface area (Å²) < 4.78 is 6.06. The molecule has 0 bridgehead atoms. The molecule has 23 heavy (non-hydrogen) atoms. The van der Waals surface area contributed by atoms with Crippen LogP contribution in [0.2, 0.25) is 0 Å². The molecule has 0 aromatic carbocycles. The van der Waals surface area contributed by atoms with Gasteiger partial charge in [0.15, 0.2) is 0 Å². The number of allylic oxidation sites excluding steroid dienone is 5. The van der Waals surface area contributed by atoms with Crippen molar-refractivity contribution in [3.8, 4) is 0 Å². The summed E-state index contributed by atoms with van der Waals surface area (Å²) in [6.45, 7) is 4.84. The van der Waals surface area contributed by atoms with Gasteiger partial charge in [-0.3, -0.25) is 4.99 Å². The lowest BCUT2D eigenvalue weighted by atomic mass is 9.94. The predicted octanol–water partition coefficient (Wildman–Crippen LogP) is 4.93. The third kappa shape index (κ3) is 3.69. The number of rotatable bonds is 6. The molecule has 0 saturated heterocycles. The van der Waals surface area contributed by atoms with E-state index in [0.29, 0.717) is 18.9 Å². The van der Waals surface area contributed by atoms with Gasteiger partial charge in [-0.15, -0.1) is 11.8 Å². The molecule has 0 N–H and O–H groups in total. The van der Waals surface area contributed by atoms with Crippen LogP contribution in [0.5, 0.6) is 0 Å². The largest absolute Gasteiger partial charge is 0.489 e. The summed E-state index contributed by atoms with van der Waals surface area (Å²) in [5.74, 6) is 1.37. The fourth-order valence-corrected chi connectivity index (χ4v) is 4.36. The maximum atomic E-state index is 10.8. The van der Waals surface area contributed by atoms with Crippen molar-refractivity contribution in [1.29, 1.82) is 0 Å². The number of carbonyl (C=O) groups is 1. The molecule has 0 aromatic rings. The van der Waals surface area contributed by atoms with E-state index in [-0.39, 0.29) is 0 Å². The fraction of sp³-hybridized carbons (Fsp3) is 0.474. The SMILES string of the molecule is CCC1=NC(C)=C(COC2=CCCC3C(CC=O)=CSC3=C2)C1. The highest BCUT2D eigenvalue weighted by molar-refractivity contribution is 8.06. The summed E-state index contributed by atoms with van der Waals surface area (Å²) in [5, 5.41) is 2.14. The lowest BCUT2D eigenvalue weighted by Gasteiger charge is -2.12. The van der Waals surface area contributed by atoms with Crippen molar-refractivity contribution < 1.29 is 9.53 Å². The zero-order valence-electron chi connectivity index (χ0n) is 13.8. The summed E-state index contributed by atoms with van der Waals surface area (Å²) >= 11 is 1.74. The van der Waals surface area contributed by atoms with Crippen LogP contribution in [0.25, 0.3) is 0 Å². The molecule has 1 aliphatic carbocycles. The van der Waals surface area contributed by atoms with E-state index in [1.54, 1.807) is 11.8 Å². The first kappa shape index (κ1) is 16.3. The Morgan fingerprint density at radius 1 is 1.48 bits per heavy atom. The molecule has 122 valence electrons. The quantitative estimate of drug-likeness (QED) is 0.649. The molecule has 0 saturated carbocycles. The highest BCUT2D eigenvalue weighted by Crippen LogP contribution is 2.45. The smallest absolute Gasteiger partial charge is 0.124 e. The van der Waals surface area contributed by atoms with Crippen LogP contribution in [0.1, 0.15) is 46.0 Å². The third-order valence-electron chi connectivity index (χ3n) is 4.62. The van der Waals surface area contributed by atoms with Gasteiger partial charge in [-0.25, -0.2) is 0 Å². The summed E-state index contributed by atoms with van der Waals surface area (Å²) in [7, 11) is 0. The van der Waals surface area contributed by atoms with E-state index >= 15 is 0 Å². The highest BCUT2D eigenvalue weighted by atomic mass is 32.2. The molecule has 4 heteroatoms. The van der Waals surface area contributed by atoms with Crippen molar-refractivity contribution >= 4 is 23.8 Å². The lowest BCUT2D eigenvalue weighted by molar-refractivity contribution is -0.107. The molecule has 3 aliphatic rings. The van der Waals surface area contributed by atoms with Gasteiger partial charge in [0.05, 0.1) is 0 Å². The average molecular weight is 329 g/mol. The summed E-state index contributed by atoms with van der Waals surface area (Å²) in [5.41, 5.74) is 4.91. The van der Waals surface area contributed by atoms with Crippen molar-refractivity contribution in [3.05, 3.63) is 45.1 Å². The first-order chi connectivity index (χ1) is 11.2. The van der Waals surface area contributed by atoms with Gasteiger partial charge in [-0.05, 0) is 54.9 Å². The Morgan fingerprint density at radius 2 is 2.35 bits per heavy atom. The second-order valence-corrected chi connectivity index (χ2v) is 7.09. The van der Waals surface area contributed by atoms with Gasteiger partial charge in [-0.1, -0.05) is 6.92 Å². The monoisotopic (exact) mass is 329 g/mol. The maximum Gasteiger partial charge on any atom is 0.124 e. The molecule has 1 unspecified atom stereocenters. The van der Waals surface area contributed by atoms with Crippen molar-refractivity contribution in [2.45, 2.75) is 46.0 Å². The van der Waals surface area contributed by atoms with Crippen molar-refractivity contribution in [1.82, 2.24) is 0 Å². The van der Waals surface area contributed by atoms with Crippen LogP contribution in [0, 0.1) is 5.92 Å². The number of thioether (sulfide) groups is 1. The fourth-order valence-electron chi connectivity index (χ4n) is 3.19. The van der Waals surface area contributed by atoms with Crippen molar-refractivity contribution in [2.75, 3.05) is 6.61 Å². The van der Waals surface area contributed by atoms with E-state index in [1.165, 1.54) is 21.8 Å². The lowest BCUT2D eigenvalue weighted by Crippen LogP contribution is -2.02. The van der Waals surface area contributed by atoms with E-state index in [9.17, 15) is 4.79 Å². The van der Waals surface area contributed by atoms with Gasteiger partial charge >= 0.3 is 0 Å². The second-order valence-electron chi connectivity index (χ2n) is 6.15. The van der Waals surface area contributed by atoms with E-state index in [4.69, 9.17) is 4.74 Å². The first-order valence-corrected chi connectivity index (χ1v) is 9.18. The van der Waals surface area contributed by atoms with Crippen LogP contribution in [0.15, 0.2) is 50.1 Å². The van der Waals surface area contributed by atoms with Gasteiger partial charge < -0.3 is 9.53 Å². The Labute approximate surface area is 142 Å². The topological polar surface area (TPSA) is 38.7 Å². The zero-order chi connectivity index (χ0) is 16.2. The molecule has 2 heterocycles. The minimum atomic E-state index is 0.407. The molecule has 3 rings (SSSR count). The molecular formula is C19H23NO2S. The van der Waals surface area contributed by atoms with Crippen LogP contribution in [-0.4, -0.2) is 18.6 Å². The number of aliphatic imine (C=N–C) groups is 1. The molecule has 0 radical (unpaired) electrons. The van der Waals surface area contributed by atoms with Crippen LogP contribution < -0.4 is 0 Å². The number of ether oxygens (including phenoxy) is 1. The molecular weight excluding hydrogens is 306 g/mol. The van der Waals surface area contributed by atoms with Crippen LogP contribution in [0.3, 0.4) is 0 Å². The van der Waals surface area contributed by atoms with Crippen molar-refractivity contribution in [3.63, 3.8) is 0 Å². The van der Waals surface area contributed by atoms with Crippen molar-refractivity contribution in [2.24, 2.45) is 10.9 Å². The summed E-state index contributed by atoms with van der Waals surface area (Å²) in [4.78, 5) is 16.7. The van der Waals surface area contributed by atoms with Gasteiger partial charge in [0, 0.05) is 35.1 Å². The molecule has 0 fully saturated rings. The molecule has 0 aromatic heterocycles. The Hall–Kier alpha value is -1.55. The van der Waals surface area contributed by atoms with E-state index in [1.807, 2.05) is 0 Å². The zero-order valence-corrected chi connectivity index (χ0v) is 14.6. The number of hydrogen-bond donors (Lipinski definition) is 0. The molecule has 0 spiro atoms. The Balaban J connectivity index is 1.61. The Bertz CT molecular complexity index is 652. The predicted molar refractivity (Wildman–Crippen MR) is 96.2 cm³/mol. The first-order valence-electron chi connectivity index (χ1n) is 8.30. The average Bonchev–Trinajstić information content (AvgIpc) is 3.02. The standard InChI is InChI=1S/C19H23NO2S/c1-3-16-9-15(13(2)20-16)11-22-17-5-4-6-18-14(7-8-21)12-23-19(18)10-17/h5,8,10,12,18H,3-4,6-7,9,11H2,1-2H3. The summed E-state index contributed by atoms with van der Waals surface area (Å²) in [6.07, 6.45) is 9.91. The second kappa shape index (κ2) is 7.35. The molecule has 0 amide bonds. The van der Waals surface area contributed by atoms with Crippen LogP contribution in [0.4, 0.5) is 0 Å². The number of fused-ring (bicyclic) bond motifs is 1. The molecule has 1 atom stereocenters. The maximum absolute atomic E-state index is 10.8. The van der Waals surface area contributed by atoms with E-state index in [0.717, 1.165) is 43.4 Å². The number of nitrogens with zero attached hydrogens (tertiary/aromatic N) is 1. The highest BCUT2D eigenvalue weighted by Gasteiger charge is 2.26. The van der Waals surface area contributed by atoms with Crippen LogP contribution >= 0.6 is 11.8 Å². The van der Waals surface area contributed by atoms with E-state index in [2.05, 4.69) is 36.4 Å². The minimum Gasteiger partial charge on any atom is -0.489 e. The Kier molecular flexibility index (Phi) is 5.21. The number of aldehydes is 1. The number of carbonyl (C=O) groups excluding carboxylic acids is 1. The minimum absolute atomic E-state index is 0.407.